The number of ether oxygens (including phenoxy) is 1. The summed E-state index contributed by atoms with van der Waals surface area (Å²) < 4.78 is 28.5. The van der Waals surface area contributed by atoms with Gasteiger partial charge >= 0.3 is 6.61 Å². The summed E-state index contributed by atoms with van der Waals surface area (Å²) >= 11 is 5.44. The van der Waals surface area contributed by atoms with Crippen LogP contribution in [0.15, 0.2) is 24.3 Å². The number of hydrogen-bond acceptors (Lipinski definition) is 2. The Hall–Kier alpha value is -1.36. The Morgan fingerprint density at radius 1 is 1.41 bits per heavy atom. The van der Waals surface area contributed by atoms with Crippen molar-refractivity contribution in [3.8, 4) is 5.75 Å². The van der Waals surface area contributed by atoms with E-state index in [1.165, 1.54) is 12.1 Å². The zero-order chi connectivity index (χ0) is 12.7. The van der Waals surface area contributed by atoms with Gasteiger partial charge in [-0.3, -0.25) is 4.79 Å². The number of anilines is 1. The highest BCUT2D eigenvalue weighted by Gasteiger charge is 2.10. The molecule has 1 N–H and O–H groups in total. The molecule has 0 fully saturated rings. The molecule has 0 aliphatic rings. The molecule has 0 aliphatic carbocycles. The molecule has 0 aliphatic heterocycles. The minimum Gasteiger partial charge on any atom is -0.433 e. The molecule has 0 aromatic heterocycles. The van der Waals surface area contributed by atoms with Gasteiger partial charge in [-0.15, -0.1) is 11.6 Å². The third kappa shape index (κ3) is 4.99. The van der Waals surface area contributed by atoms with E-state index < -0.39 is 6.61 Å². The molecule has 0 saturated carbocycles. The summed E-state index contributed by atoms with van der Waals surface area (Å²) in [5, 5.41) is 2.49. The van der Waals surface area contributed by atoms with Gasteiger partial charge in [-0.25, -0.2) is 0 Å². The molecule has 0 heterocycles. The summed E-state index contributed by atoms with van der Waals surface area (Å²) in [5.41, 5.74) is 0.229. The Kier molecular flexibility index (Phi) is 5.69. The van der Waals surface area contributed by atoms with Crippen molar-refractivity contribution < 1.29 is 18.3 Å². The van der Waals surface area contributed by atoms with Gasteiger partial charge in [-0.2, -0.15) is 8.78 Å². The average Bonchev–Trinajstić information content (AvgIpc) is 2.28. The standard InChI is InChI=1S/C11H12ClF2NO2/c12-7-3-6-10(16)15-8-4-1-2-5-9(8)17-11(13)14/h1-2,4-5,11H,3,6-7H2,(H,15,16). The van der Waals surface area contributed by atoms with Crippen molar-refractivity contribution in [1.82, 2.24) is 0 Å². The lowest BCUT2D eigenvalue weighted by atomic mass is 10.2. The molecule has 1 amide bonds. The lowest BCUT2D eigenvalue weighted by molar-refractivity contribution is -0.116. The van der Waals surface area contributed by atoms with E-state index in [1.54, 1.807) is 12.1 Å². The van der Waals surface area contributed by atoms with Crippen LogP contribution in [0, 0.1) is 0 Å². The topological polar surface area (TPSA) is 38.3 Å². The Balaban J connectivity index is 2.66. The summed E-state index contributed by atoms with van der Waals surface area (Å²) in [7, 11) is 0. The lowest BCUT2D eigenvalue weighted by Crippen LogP contribution is -2.13. The third-order valence-corrected chi connectivity index (χ3v) is 2.18. The summed E-state index contributed by atoms with van der Waals surface area (Å²) in [4.78, 5) is 11.4. The van der Waals surface area contributed by atoms with Crippen molar-refractivity contribution in [2.24, 2.45) is 0 Å². The maximum atomic E-state index is 12.1. The van der Waals surface area contributed by atoms with Gasteiger partial charge < -0.3 is 10.1 Å². The second kappa shape index (κ2) is 7.06. The minimum atomic E-state index is -2.92. The van der Waals surface area contributed by atoms with E-state index in [2.05, 4.69) is 10.1 Å². The zero-order valence-corrected chi connectivity index (χ0v) is 9.71. The SMILES string of the molecule is O=C(CCCCl)Nc1ccccc1OC(F)F. The second-order valence-electron chi connectivity index (χ2n) is 3.22. The van der Waals surface area contributed by atoms with Gasteiger partial charge in [-0.05, 0) is 18.6 Å². The van der Waals surface area contributed by atoms with E-state index in [0.29, 0.717) is 12.3 Å². The number of nitrogens with one attached hydrogen (secondary N) is 1. The first kappa shape index (κ1) is 13.7. The molecule has 17 heavy (non-hydrogen) atoms. The van der Waals surface area contributed by atoms with Gasteiger partial charge in [0.15, 0.2) is 0 Å². The predicted octanol–water partition coefficient (Wildman–Crippen LogP) is 3.25. The number of para-hydroxylation sites is 2. The largest absolute Gasteiger partial charge is 0.433 e. The molecule has 0 spiro atoms. The maximum Gasteiger partial charge on any atom is 0.387 e. The lowest BCUT2D eigenvalue weighted by Gasteiger charge is -2.11. The number of carbonyl (C=O) groups excluding carboxylic acids is 1. The van der Waals surface area contributed by atoms with Crippen LogP contribution in [0.1, 0.15) is 12.8 Å². The van der Waals surface area contributed by atoms with Crippen molar-refractivity contribution in [2.45, 2.75) is 19.5 Å². The fourth-order valence-corrected chi connectivity index (χ4v) is 1.34. The van der Waals surface area contributed by atoms with E-state index in [9.17, 15) is 13.6 Å². The first-order valence-electron chi connectivity index (χ1n) is 5.03. The minimum absolute atomic E-state index is 0.0540. The van der Waals surface area contributed by atoms with Crippen LogP contribution in [-0.4, -0.2) is 18.4 Å². The van der Waals surface area contributed by atoms with Crippen molar-refractivity contribution in [3.63, 3.8) is 0 Å². The van der Waals surface area contributed by atoms with Crippen molar-refractivity contribution in [3.05, 3.63) is 24.3 Å². The van der Waals surface area contributed by atoms with E-state index in [-0.39, 0.29) is 23.8 Å². The number of hydrogen-bond donors (Lipinski definition) is 1. The monoisotopic (exact) mass is 263 g/mol. The van der Waals surface area contributed by atoms with Crippen LogP contribution in [0.4, 0.5) is 14.5 Å². The van der Waals surface area contributed by atoms with Gasteiger partial charge in [0, 0.05) is 12.3 Å². The fourth-order valence-electron chi connectivity index (χ4n) is 1.21. The van der Waals surface area contributed by atoms with E-state index >= 15 is 0 Å². The van der Waals surface area contributed by atoms with Crippen LogP contribution < -0.4 is 10.1 Å². The van der Waals surface area contributed by atoms with Crippen LogP contribution in [-0.2, 0) is 4.79 Å². The molecule has 0 unspecified atom stereocenters. The number of halogens is 3. The number of alkyl halides is 3. The van der Waals surface area contributed by atoms with Gasteiger partial charge in [0.2, 0.25) is 5.91 Å². The number of rotatable bonds is 6. The molecule has 94 valence electrons. The fraction of sp³-hybridized carbons (Fsp3) is 0.364. The molecule has 0 atom stereocenters. The molecular formula is C11H12ClF2NO2. The second-order valence-corrected chi connectivity index (χ2v) is 3.59. The Morgan fingerprint density at radius 3 is 2.76 bits per heavy atom. The highest BCUT2D eigenvalue weighted by molar-refractivity contribution is 6.18. The van der Waals surface area contributed by atoms with Crippen LogP contribution in [0.5, 0.6) is 5.75 Å². The van der Waals surface area contributed by atoms with Gasteiger partial charge in [-0.1, -0.05) is 12.1 Å². The van der Waals surface area contributed by atoms with E-state index in [1.807, 2.05) is 0 Å². The van der Waals surface area contributed by atoms with Crippen molar-refractivity contribution in [1.29, 1.82) is 0 Å². The van der Waals surface area contributed by atoms with Crippen LogP contribution >= 0.6 is 11.6 Å². The first-order valence-corrected chi connectivity index (χ1v) is 5.56. The first-order chi connectivity index (χ1) is 8.13. The molecule has 6 heteroatoms. The van der Waals surface area contributed by atoms with Gasteiger partial charge in [0.25, 0.3) is 0 Å². The van der Waals surface area contributed by atoms with Crippen molar-refractivity contribution in [2.75, 3.05) is 11.2 Å². The summed E-state index contributed by atoms with van der Waals surface area (Å²) in [5.74, 6) is 0.0421. The predicted molar refractivity (Wildman–Crippen MR) is 61.7 cm³/mol. The number of amides is 1. The number of carbonyl (C=O) groups is 1. The maximum absolute atomic E-state index is 12.1. The molecule has 1 aromatic rings. The summed E-state index contributed by atoms with van der Waals surface area (Å²) in [6.45, 7) is -2.92. The molecule has 1 rings (SSSR count). The Labute approximate surface area is 103 Å². The van der Waals surface area contributed by atoms with E-state index in [4.69, 9.17) is 11.6 Å². The van der Waals surface area contributed by atoms with E-state index in [0.717, 1.165) is 0 Å². The number of benzene rings is 1. The zero-order valence-electron chi connectivity index (χ0n) is 8.96. The Morgan fingerprint density at radius 2 is 2.12 bits per heavy atom. The Bertz CT molecular complexity index is 374. The average molecular weight is 264 g/mol. The van der Waals surface area contributed by atoms with Crippen LogP contribution in [0.25, 0.3) is 0 Å². The molecule has 0 radical (unpaired) electrons. The van der Waals surface area contributed by atoms with Crippen molar-refractivity contribution >= 4 is 23.2 Å². The quantitative estimate of drug-likeness (QED) is 0.800. The molecular weight excluding hydrogens is 252 g/mol. The molecule has 0 bridgehead atoms. The van der Waals surface area contributed by atoms with Gasteiger partial charge in [0.05, 0.1) is 5.69 Å². The highest BCUT2D eigenvalue weighted by Crippen LogP contribution is 2.25. The van der Waals surface area contributed by atoms with Gasteiger partial charge in [0.1, 0.15) is 5.75 Å². The smallest absolute Gasteiger partial charge is 0.387 e. The molecule has 1 aromatic carbocycles. The normalized spacial score (nSPS) is 10.4. The molecule has 3 nitrogen and oxygen atoms in total. The van der Waals surface area contributed by atoms with Crippen LogP contribution in [0.3, 0.4) is 0 Å². The summed E-state index contributed by atoms with van der Waals surface area (Å²) in [6.07, 6.45) is 0.776. The summed E-state index contributed by atoms with van der Waals surface area (Å²) in [6, 6.07) is 6.03. The highest BCUT2D eigenvalue weighted by atomic mass is 35.5. The van der Waals surface area contributed by atoms with Crippen LogP contribution in [0.2, 0.25) is 0 Å². The third-order valence-electron chi connectivity index (χ3n) is 1.91. The molecule has 0 saturated heterocycles.